The third-order valence-electron chi connectivity index (χ3n) is 3.84. The molecule has 0 spiro atoms. The lowest BCUT2D eigenvalue weighted by atomic mass is 10.1. The Morgan fingerprint density at radius 2 is 2.12 bits per heavy atom. The molecule has 2 aliphatic rings. The van der Waals surface area contributed by atoms with Gasteiger partial charge in [0.1, 0.15) is 0 Å². The van der Waals surface area contributed by atoms with E-state index in [2.05, 4.69) is 34.5 Å². The second kappa shape index (κ2) is 5.19. The number of nitrogens with one attached hydrogen (secondary N) is 1. The Balaban J connectivity index is 1.64. The van der Waals surface area contributed by atoms with Crippen molar-refractivity contribution in [3.05, 3.63) is 35.4 Å². The van der Waals surface area contributed by atoms with E-state index >= 15 is 0 Å². The van der Waals surface area contributed by atoms with Gasteiger partial charge in [-0.1, -0.05) is 24.3 Å². The van der Waals surface area contributed by atoms with Crippen LogP contribution < -0.4 is 5.32 Å². The van der Waals surface area contributed by atoms with Crippen molar-refractivity contribution >= 4 is 0 Å². The summed E-state index contributed by atoms with van der Waals surface area (Å²) in [5.74, 6) is 0.876. The molecule has 1 aromatic rings. The van der Waals surface area contributed by atoms with Gasteiger partial charge in [0.15, 0.2) is 0 Å². The van der Waals surface area contributed by atoms with Crippen LogP contribution in [0.1, 0.15) is 36.3 Å². The second-order valence-corrected chi connectivity index (χ2v) is 5.40. The summed E-state index contributed by atoms with van der Waals surface area (Å²) in [4.78, 5) is 2.58. The molecule has 0 amide bonds. The molecule has 92 valence electrons. The third kappa shape index (κ3) is 3.08. The zero-order valence-electron chi connectivity index (χ0n) is 10.5. The predicted molar refractivity (Wildman–Crippen MR) is 71.2 cm³/mol. The zero-order valence-corrected chi connectivity index (χ0v) is 10.5. The molecule has 17 heavy (non-hydrogen) atoms. The van der Waals surface area contributed by atoms with Crippen molar-refractivity contribution in [1.82, 2.24) is 10.2 Å². The summed E-state index contributed by atoms with van der Waals surface area (Å²) in [5, 5.41) is 3.46. The topological polar surface area (TPSA) is 15.3 Å². The standard InChI is InChI=1S/C15H22N2/c1-3-13(11-15(4-1)14-5-6-14)12-17-9-2-7-16-8-10-17/h1,3-4,11,14,16H,2,5-10,12H2. The first-order valence-electron chi connectivity index (χ1n) is 6.94. The van der Waals surface area contributed by atoms with Crippen molar-refractivity contribution in [1.29, 1.82) is 0 Å². The van der Waals surface area contributed by atoms with Crippen molar-refractivity contribution in [3.63, 3.8) is 0 Å². The maximum absolute atomic E-state index is 3.46. The van der Waals surface area contributed by atoms with Crippen molar-refractivity contribution in [2.75, 3.05) is 26.2 Å². The van der Waals surface area contributed by atoms with E-state index in [1.165, 1.54) is 44.5 Å². The molecule has 2 nitrogen and oxygen atoms in total. The Morgan fingerprint density at radius 1 is 1.18 bits per heavy atom. The average Bonchev–Trinajstić information content (AvgIpc) is 3.17. The van der Waals surface area contributed by atoms with Crippen LogP contribution in [-0.4, -0.2) is 31.1 Å². The van der Waals surface area contributed by atoms with Crippen LogP contribution in [0.2, 0.25) is 0 Å². The Kier molecular flexibility index (Phi) is 3.44. The summed E-state index contributed by atoms with van der Waals surface area (Å²) in [6, 6.07) is 9.24. The highest BCUT2D eigenvalue weighted by atomic mass is 15.1. The summed E-state index contributed by atoms with van der Waals surface area (Å²) >= 11 is 0. The quantitative estimate of drug-likeness (QED) is 0.857. The summed E-state index contributed by atoms with van der Waals surface area (Å²) < 4.78 is 0. The molecule has 1 saturated carbocycles. The maximum Gasteiger partial charge on any atom is 0.0234 e. The summed E-state index contributed by atoms with van der Waals surface area (Å²) in [6.07, 6.45) is 4.08. The van der Waals surface area contributed by atoms with E-state index in [1.807, 2.05) is 0 Å². The molecule has 1 heterocycles. The third-order valence-corrected chi connectivity index (χ3v) is 3.84. The first-order chi connectivity index (χ1) is 8.42. The van der Waals surface area contributed by atoms with Crippen LogP contribution in [0.25, 0.3) is 0 Å². The van der Waals surface area contributed by atoms with E-state index in [9.17, 15) is 0 Å². The lowest BCUT2D eigenvalue weighted by Gasteiger charge is -2.19. The van der Waals surface area contributed by atoms with Crippen LogP contribution in [0.4, 0.5) is 0 Å². The fourth-order valence-electron chi connectivity index (χ4n) is 2.68. The minimum Gasteiger partial charge on any atom is -0.315 e. The van der Waals surface area contributed by atoms with E-state index in [1.54, 1.807) is 5.56 Å². The van der Waals surface area contributed by atoms with Crippen LogP contribution in [-0.2, 0) is 6.54 Å². The maximum atomic E-state index is 3.46. The Morgan fingerprint density at radius 3 is 3.00 bits per heavy atom. The van der Waals surface area contributed by atoms with Gasteiger partial charge in [0.25, 0.3) is 0 Å². The monoisotopic (exact) mass is 230 g/mol. The Hall–Kier alpha value is -0.860. The lowest BCUT2D eigenvalue weighted by Crippen LogP contribution is -2.27. The van der Waals surface area contributed by atoms with Crippen molar-refractivity contribution < 1.29 is 0 Å². The van der Waals surface area contributed by atoms with Crippen LogP contribution in [0.5, 0.6) is 0 Å². The first-order valence-corrected chi connectivity index (χ1v) is 6.94. The molecule has 3 rings (SSSR count). The van der Waals surface area contributed by atoms with E-state index in [0.717, 1.165) is 19.0 Å². The molecule has 1 N–H and O–H groups in total. The predicted octanol–water partition coefficient (Wildman–Crippen LogP) is 2.36. The number of hydrogen-bond donors (Lipinski definition) is 1. The number of benzene rings is 1. The van der Waals surface area contributed by atoms with Gasteiger partial charge >= 0.3 is 0 Å². The molecule has 1 aromatic carbocycles. The second-order valence-electron chi connectivity index (χ2n) is 5.40. The fourth-order valence-corrected chi connectivity index (χ4v) is 2.68. The van der Waals surface area contributed by atoms with E-state index < -0.39 is 0 Å². The molecule has 0 aromatic heterocycles. The SMILES string of the molecule is c1cc(CN2CCCNCC2)cc(C2CC2)c1. The molecule has 1 aliphatic heterocycles. The molecule has 0 atom stereocenters. The smallest absolute Gasteiger partial charge is 0.0234 e. The van der Waals surface area contributed by atoms with Gasteiger partial charge in [0.05, 0.1) is 0 Å². The minimum absolute atomic E-state index is 0.876. The van der Waals surface area contributed by atoms with Crippen molar-refractivity contribution in [3.8, 4) is 0 Å². The molecule has 0 radical (unpaired) electrons. The largest absolute Gasteiger partial charge is 0.315 e. The first kappa shape index (κ1) is 11.2. The highest BCUT2D eigenvalue weighted by molar-refractivity contribution is 5.29. The Bertz CT molecular complexity index is 363. The van der Waals surface area contributed by atoms with Gasteiger partial charge in [-0.05, 0) is 49.4 Å². The number of rotatable bonds is 3. The molecular weight excluding hydrogens is 208 g/mol. The molecule has 0 bridgehead atoms. The van der Waals surface area contributed by atoms with Crippen molar-refractivity contribution in [2.24, 2.45) is 0 Å². The normalized spacial score (nSPS) is 22.4. The highest BCUT2D eigenvalue weighted by Crippen LogP contribution is 2.40. The van der Waals surface area contributed by atoms with E-state index in [0.29, 0.717) is 0 Å². The zero-order chi connectivity index (χ0) is 11.5. The Labute approximate surface area is 104 Å². The van der Waals surface area contributed by atoms with Crippen LogP contribution in [0.15, 0.2) is 24.3 Å². The number of nitrogens with zero attached hydrogens (tertiary/aromatic N) is 1. The fraction of sp³-hybridized carbons (Fsp3) is 0.600. The highest BCUT2D eigenvalue weighted by Gasteiger charge is 2.23. The van der Waals surface area contributed by atoms with Gasteiger partial charge in [-0.3, -0.25) is 4.90 Å². The summed E-state index contributed by atoms with van der Waals surface area (Å²) in [6.45, 7) is 5.87. The average molecular weight is 230 g/mol. The molecule has 1 saturated heterocycles. The summed E-state index contributed by atoms with van der Waals surface area (Å²) in [5.41, 5.74) is 3.06. The van der Waals surface area contributed by atoms with Gasteiger partial charge in [0.2, 0.25) is 0 Å². The molecule has 2 fully saturated rings. The molecule has 0 unspecified atom stereocenters. The number of hydrogen-bond acceptors (Lipinski definition) is 2. The van der Waals surface area contributed by atoms with Gasteiger partial charge < -0.3 is 5.32 Å². The van der Waals surface area contributed by atoms with Gasteiger partial charge in [-0.15, -0.1) is 0 Å². The van der Waals surface area contributed by atoms with Gasteiger partial charge in [0, 0.05) is 19.6 Å². The lowest BCUT2D eigenvalue weighted by molar-refractivity contribution is 0.284. The van der Waals surface area contributed by atoms with Crippen LogP contribution >= 0.6 is 0 Å². The van der Waals surface area contributed by atoms with Crippen molar-refractivity contribution in [2.45, 2.75) is 31.7 Å². The molecule has 2 heteroatoms. The van der Waals surface area contributed by atoms with E-state index in [-0.39, 0.29) is 0 Å². The van der Waals surface area contributed by atoms with Crippen LogP contribution in [0, 0.1) is 0 Å². The van der Waals surface area contributed by atoms with Gasteiger partial charge in [-0.25, -0.2) is 0 Å². The van der Waals surface area contributed by atoms with Crippen LogP contribution in [0.3, 0.4) is 0 Å². The van der Waals surface area contributed by atoms with E-state index in [4.69, 9.17) is 0 Å². The molecule has 1 aliphatic carbocycles. The van der Waals surface area contributed by atoms with Gasteiger partial charge in [-0.2, -0.15) is 0 Å². The molecular formula is C15H22N2. The minimum atomic E-state index is 0.876. The summed E-state index contributed by atoms with van der Waals surface area (Å²) in [7, 11) is 0.